The number of aromatic nitrogens is 2. The summed E-state index contributed by atoms with van der Waals surface area (Å²) in [5.41, 5.74) is 3.72. The van der Waals surface area contributed by atoms with E-state index in [0.29, 0.717) is 31.7 Å². The zero-order chi connectivity index (χ0) is 19.5. The minimum Gasteiger partial charge on any atom is -0.326 e. The lowest BCUT2D eigenvalue weighted by Gasteiger charge is -2.15. The topological polar surface area (TPSA) is 50.2 Å². The summed E-state index contributed by atoms with van der Waals surface area (Å²) in [7, 11) is 0. The third-order valence-electron chi connectivity index (χ3n) is 4.81. The number of nitrogens with zero attached hydrogens (tertiary/aromatic N) is 3. The van der Waals surface area contributed by atoms with Gasteiger partial charge in [0.05, 0.1) is 18.4 Å². The Kier molecular flexibility index (Phi) is 5.16. The molecule has 1 aliphatic heterocycles. The van der Waals surface area contributed by atoms with Crippen LogP contribution < -0.4 is 5.32 Å². The third-order valence-corrected chi connectivity index (χ3v) is 4.81. The standard InChI is InChI=1S/C21H20F2N4O/c22-17-6-4-15(5-7-17)12-27-20-14-26(13-16(20)11-24-27)9-8-21(28)25-19-3-1-2-18(23)10-19/h1-7,10-11H,8-9,12-14H2,(H,25,28). The average Bonchev–Trinajstić information content (AvgIpc) is 3.23. The highest BCUT2D eigenvalue weighted by Crippen LogP contribution is 2.23. The van der Waals surface area contributed by atoms with Gasteiger partial charge in [0.15, 0.2) is 0 Å². The lowest BCUT2D eigenvalue weighted by Crippen LogP contribution is -2.24. The highest BCUT2D eigenvalue weighted by molar-refractivity contribution is 5.90. The molecule has 0 saturated heterocycles. The number of carbonyl (C=O) groups excluding carboxylic acids is 1. The van der Waals surface area contributed by atoms with Crippen LogP contribution in [0.5, 0.6) is 0 Å². The van der Waals surface area contributed by atoms with Gasteiger partial charge in [-0.25, -0.2) is 8.78 Å². The molecule has 0 aliphatic carbocycles. The zero-order valence-corrected chi connectivity index (χ0v) is 15.2. The molecule has 0 saturated carbocycles. The third kappa shape index (κ3) is 4.26. The molecule has 2 heterocycles. The predicted molar refractivity (Wildman–Crippen MR) is 101 cm³/mol. The maximum atomic E-state index is 13.2. The number of hydrogen-bond donors (Lipinski definition) is 1. The molecule has 28 heavy (non-hydrogen) atoms. The van der Waals surface area contributed by atoms with E-state index in [1.165, 1.54) is 24.3 Å². The van der Waals surface area contributed by atoms with Crippen LogP contribution in [0.15, 0.2) is 54.7 Å². The van der Waals surface area contributed by atoms with Gasteiger partial charge in [0.25, 0.3) is 0 Å². The lowest BCUT2D eigenvalue weighted by molar-refractivity contribution is -0.116. The summed E-state index contributed by atoms with van der Waals surface area (Å²) >= 11 is 0. The van der Waals surface area contributed by atoms with Gasteiger partial charge in [-0.2, -0.15) is 5.10 Å². The van der Waals surface area contributed by atoms with Crippen LogP contribution in [0.2, 0.25) is 0 Å². The number of hydrogen-bond acceptors (Lipinski definition) is 3. The van der Waals surface area contributed by atoms with Crippen molar-refractivity contribution in [2.45, 2.75) is 26.1 Å². The average molecular weight is 382 g/mol. The highest BCUT2D eigenvalue weighted by atomic mass is 19.1. The SMILES string of the molecule is O=C(CCN1Cc2cnn(Cc3ccc(F)cc3)c2C1)Nc1cccc(F)c1. The van der Waals surface area contributed by atoms with Crippen LogP contribution in [0.1, 0.15) is 23.2 Å². The monoisotopic (exact) mass is 382 g/mol. The molecule has 3 aromatic rings. The molecule has 1 N–H and O–H groups in total. The molecule has 0 radical (unpaired) electrons. The number of anilines is 1. The van der Waals surface area contributed by atoms with Crippen LogP contribution >= 0.6 is 0 Å². The van der Waals surface area contributed by atoms with E-state index in [4.69, 9.17) is 0 Å². The number of fused-ring (bicyclic) bond motifs is 1. The predicted octanol–water partition coefficient (Wildman–Crippen LogP) is 3.55. The molecule has 4 rings (SSSR count). The number of carbonyl (C=O) groups is 1. The van der Waals surface area contributed by atoms with E-state index in [0.717, 1.165) is 23.4 Å². The normalized spacial score (nSPS) is 13.5. The summed E-state index contributed by atoms with van der Waals surface area (Å²) in [4.78, 5) is 14.3. The number of amides is 1. The second kappa shape index (κ2) is 7.90. The molecule has 2 aromatic carbocycles. The zero-order valence-electron chi connectivity index (χ0n) is 15.2. The Bertz CT molecular complexity index is 984. The van der Waals surface area contributed by atoms with Gasteiger partial charge in [0, 0.05) is 37.3 Å². The van der Waals surface area contributed by atoms with Crippen molar-refractivity contribution in [3.63, 3.8) is 0 Å². The van der Waals surface area contributed by atoms with Gasteiger partial charge in [-0.3, -0.25) is 14.4 Å². The summed E-state index contributed by atoms with van der Waals surface area (Å²) in [5, 5.41) is 7.15. The Morgan fingerprint density at radius 3 is 2.68 bits per heavy atom. The molecule has 1 aromatic heterocycles. The van der Waals surface area contributed by atoms with Crippen LogP contribution in [0.3, 0.4) is 0 Å². The van der Waals surface area contributed by atoms with E-state index in [1.807, 2.05) is 10.9 Å². The van der Waals surface area contributed by atoms with Crippen LogP contribution in [-0.2, 0) is 24.4 Å². The lowest BCUT2D eigenvalue weighted by atomic mass is 10.2. The van der Waals surface area contributed by atoms with Crippen LogP contribution in [0.4, 0.5) is 14.5 Å². The fourth-order valence-electron chi connectivity index (χ4n) is 3.38. The van der Waals surface area contributed by atoms with Gasteiger partial charge in [0.1, 0.15) is 11.6 Å². The van der Waals surface area contributed by atoms with E-state index in [1.54, 1.807) is 24.3 Å². The molecule has 0 bridgehead atoms. The van der Waals surface area contributed by atoms with E-state index in [-0.39, 0.29) is 17.5 Å². The molecule has 5 nitrogen and oxygen atoms in total. The van der Waals surface area contributed by atoms with Gasteiger partial charge < -0.3 is 5.32 Å². The van der Waals surface area contributed by atoms with Crippen molar-refractivity contribution in [2.24, 2.45) is 0 Å². The van der Waals surface area contributed by atoms with Crippen LogP contribution in [-0.4, -0.2) is 27.1 Å². The van der Waals surface area contributed by atoms with E-state index in [2.05, 4.69) is 15.3 Å². The van der Waals surface area contributed by atoms with Crippen molar-refractivity contribution in [1.82, 2.24) is 14.7 Å². The molecular formula is C21H20F2N4O. The first-order valence-electron chi connectivity index (χ1n) is 9.12. The molecule has 1 aliphatic rings. The fourth-order valence-corrected chi connectivity index (χ4v) is 3.38. The van der Waals surface area contributed by atoms with Crippen LogP contribution in [0.25, 0.3) is 0 Å². The maximum Gasteiger partial charge on any atom is 0.225 e. The highest BCUT2D eigenvalue weighted by Gasteiger charge is 2.23. The molecule has 0 spiro atoms. The second-order valence-electron chi connectivity index (χ2n) is 6.92. The van der Waals surface area contributed by atoms with E-state index in [9.17, 15) is 13.6 Å². The molecule has 144 valence electrons. The molecule has 0 unspecified atom stereocenters. The number of rotatable bonds is 6. The number of benzene rings is 2. The number of nitrogens with one attached hydrogen (secondary N) is 1. The van der Waals surface area contributed by atoms with Crippen molar-refractivity contribution < 1.29 is 13.6 Å². The Morgan fingerprint density at radius 2 is 1.89 bits per heavy atom. The largest absolute Gasteiger partial charge is 0.326 e. The first-order chi connectivity index (χ1) is 13.6. The van der Waals surface area contributed by atoms with Crippen molar-refractivity contribution in [3.05, 3.63) is 83.2 Å². The summed E-state index contributed by atoms with van der Waals surface area (Å²) < 4.78 is 28.2. The van der Waals surface area contributed by atoms with Gasteiger partial charge in [0.2, 0.25) is 5.91 Å². The van der Waals surface area contributed by atoms with Crippen LogP contribution in [0, 0.1) is 11.6 Å². The van der Waals surface area contributed by atoms with Crippen molar-refractivity contribution in [1.29, 1.82) is 0 Å². The van der Waals surface area contributed by atoms with Gasteiger partial charge in [-0.1, -0.05) is 18.2 Å². The summed E-state index contributed by atoms with van der Waals surface area (Å²) in [6, 6.07) is 12.3. The number of halogens is 2. The summed E-state index contributed by atoms with van der Waals surface area (Å²) in [5.74, 6) is -0.773. The van der Waals surface area contributed by atoms with Gasteiger partial charge in [-0.05, 0) is 35.9 Å². The Hall–Kier alpha value is -3.06. The molecule has 7 heteroatoms. The summed E-state index contributed by atoms with van der Waals surface area (Å²) in [6.45, 7) is 2.64. The molecular weight excluding hydrogens is 362 g/mol. The Labute approximate surface area is 161 Å². The van der Waals surface area contributed by atoms with Gasteiger partial charge in [-0.15, -0.1) is 0 Å². The second-order valence-corrected chi connectivity index (χ2v) is 6.92. The molecule has 0 atom stereocenters. The van der Waals surface area contributed by atoms with E-state index < -0.39 is 0 Å². The minimum atomic E-state index is -0.376. The smallest absolute Gasteiger partial charge is 0.225 e. The first-order valence-corrected chi connectivity index (χ1v) is 9.12. The van der Waals surface area contributed by atoms with Crippen molar-refractivity contribution >= 4 is 11.6 Å². The van der Waals surface area contributed by atoms with Crippen molar-refractivity contribution in [3.8, 4) is 0 Å². The van der Waals surface area contributed by atoms with Gasteiger partial charge >= 0.3 is 0 Å². The molecule has 1 amide bonds. The minimum absolute atomic E-state index is 0.144. The van der Waals surface area contributed by atoms with E-state index >= 15 is 0 Å². The summed E-state index contributed by atoms with van der Waals surface area (Å²) in [6.07, 6.45) is 2.18. The Morgan fingerprint density at radius 1 is 1.07 bits per heavy atom. The quantitative estimate of drug-likeness (QED) is 0.709. The Balaban J connectivity index is 1.31. The fraction of sp³-hybridized carbons (Fsp3) is 0.238. The maximum absolute atomic E-state index is 13.2. The first kappa shape index (κ1) is 18.3. The van der Waals surface area contributed by atoms with Crippen molar-refractivity contribution in [2.75, 3.05) is 11.9 Å². The molecule has 0 fully saturated rings.